The molecule has 10 heteroatoms. The number of ether oxygens (including phenoxy) is 1. The van der Waals surface area contributed by atoms with Gasteiger partial charge in [0, 0.05) is 19.7 Å². The van der Waals surface area contributed by atoms with Gasteiger partial charge < -0.3 is 10.1 Å². The van der Waals surface area contributed by atoms with Crippen molar-refractivity contribution in [3.8, 4) is 11.4 Å². The van der Waals surface area contributed by atoms with E-state index >= 15 is 0 Å². The molecule has 5 heterocycles. The Balaban J connectivity index is 1.69. The molecule has 4 aromatic heterocycles. The van der Waals surface area contributed by atoms with Crippen LogP contribution in [0.2, 0.25) is 0 Å². The molecular formula is C20H21N7O3. The zero-order valence-corrected chi connectivity index (χ0v) is 16.5. The third kappa shape index (κ3) is 3.05. The number of carbonyl (C=O) groups is 1. The van der Waals surface area contributed by atoms with E-state index in [1.165, 1.54) is 11.5 Å². The van der Waals surface area contributed by atoms with E-state index in [2.05, 4.69) is 15.4 Å². The Morgan fingerprint density at radius 1 is 1.30 bits per heavy atom. The number of hydrogen-bond acceptors (Lipinski definition) is 7. The van der Waals surface area contributed by atoms with Crippen molar-refractivity contribution in [2.75, 3.05) is 13.1 Å². The molecule has 0 aromatic carbocycles. The van der Waals surface area contributed by atoms with Crippen molar-refractivity contribution in [1.82, 2.24) is 34.0 Å². The van der Waals surface area contributed by atoms with Crippen LogP contribution in [-0.4, -0.2) is 47.8 Å². The van der Waals surface area contributed by atoms with Crippen LogP contribution in [0.4, 0.5) is 0 Å². The van der Waals surface area contributed by atoms with E-state index < -0.39 is 5.97 Å². The van der Waals surface area contributed by atoms with Crippen molar-refractivity contribution in [3.63, 3.8) is 0 Å². The van der Waals surface area contributed by atoms with E-state index in [-0.39, 0.29) is 18.5 Å². The van der Waals surface area contributed by atoms with Crippen molar-refractivity contribution in [3.05, 3.63) is 47.3 Å². The largest absolute Gasteiger partial charge is 0.444 e. The predicted octanol–water partition coefficient (Wildman–Crippen LogP) is 1.35. The summed E-state index contributed by atoms with van der Waals surface area (Å²) >= 11 is 0. The summed E-state index contributed by atoms with van der Waals surface area (Å²) in [5.41, 5.74) is 2.47. The molecule has 1 N–H and O–H groups in total. The van der Waals surface area contributed by atoms with Gasteiger partial charge in [-0.1, -0.05) is 6.07 Å². The molecule has 1 atom stereocenters. The highest BCUT2D eigenvalue weighted by Gasteiger charge is 2.25. The fourth-order valence-electron chi connectivity index (χ4n) is 3.96. The lowest BCUT2D eigenvalue weighted by molar-refractivity contribution is -0.144. The smallest absolute Gasteiger partial charge is 0.333 e. The van der Waals surface area contributed by atoms with Gasteiger partial charge in [-0.2, -0.15) is 5.10 Å². The molecule has 10 nitrogen and oxygen atoms in total. The first-order chi connectivity index (χ1) is 14.6. The first-order valence-corrected chi connectivity index (χ1v) is 9.88. The van der Waals surface area contributed by atoms with Gasteiger partial charge in [0.1, 0.15) is 5.52 Å². The number of piperidine rings is 1. The van der Waals surface area contributed by atoms with Crippen LogP contribution in [-0.2, 0) is 16.3 Å². The predicted molar refractivity (Wildman–Crippen MR) is 109 cm³/mol. The van der Waals surface area contributed by atoms with Gasteiger partial charge in [0.25, 0.3) is 0 Å². The Kier molecular flexibility index (Phi) is 4.55. The van der Waals surface area contributed by atoms with E-state index in [1.807, 2.05) is 24.4 Å². The van der Waals surface area contributed by atoms with Crippen LogP contribution in [0.15, 0.2) is 41.6 Å². The van der Waals surface area contributed by atoms with Gasteiger partial charge in [0.2, 0.25) is 0 Å². The molecule has 0 aliphatic carbocycles. The second-order valence-corrected chi connectivity index (χ2v) is 7.34. The highest BCUT2D eigenvalue weighted by molar-refractivity contribution is 5.79. The summed E-state index contributed by atoms with van der Waals surface area (Å²) in [6.07, 6.45) is 7.03. The minimum atomic E-state index is -0.453. The topological polar surface area (TPSA) is 108 Å². The molecule has 0 bridgehead atoms. The number of rotatable bonds is 4. The average Bonchev–Trinajstić information content (AvgIpc) is 3.31. The summed E-state index contributed by atoms with van der Waals surface area (Å²) < 4.78 is 9.96. The molecule has 0 amide bonds. The number of nitrogens with zero attached hydrogens (tertiary/aromatic N) is 6. The second-order valence-electron chi connectivity index (χ2n) is 7.34. The van der Waals surface area contributed by atoms with Crippen LogP contribution in [0.25, 0.3) is 28.1 Å². The van der Waals surface area contributed by atoms with Crippen molar-refractivity contribution in [2.45, 2.75) is 32.5 Å². The van der Waals surface area contributed by atoms with Gasteiger partial charge in [-0.3, -0.25) is 13.9 Å². The summed E-state index contributed by atoms with van der Waals surface area (Å²) in [5.74, 6) is 0.0388. The molecule has 1 aliphatic heterocycles. The minimum absolute atomic E-state index is 0.0287. The van der Waals surface area contributed by atoms with Gasteiger partial charge in [0.05, 0.1) is 29.5 Å². The number of carbonyl (C=O) groups excluding carboxylic acids is 1. The summed E-state index contributed by atoms with van der Waals surface area (Å²) in [4.78, 5) is 33.8. The Morgan fingerprint density at radius 2 is 2.20 bits per heavy atom. The van der Waals surface area contributed by atoms with Crippen molar-refractivity contribution in [2.24, 2.45) is 0 Å². The van der Waals surface area contributed by atoms with Crippen LogP contribution in [0.3, 0.4) is 0 Å². The lowest BCUT2D eigenvalue weighted by Crippen LogP contribution is -2.37. The van der Waals surface area contributed by atoms with Gasteiger partial charge in [-0.25, -0.2) is 19.3 Å². The third-order valence-corrected chi connectivity index (χ3v) is 5.41. The van der Waals surface area contributed by atoms with Crippen LogP contribution >= 0.6 is 0 Å². The van der Waals surface area contributed by atoms with E-state index in [4.69, 9.17) is 9.72 Å². The normalized spacial score (nSPS) is 16.9. The molecule has 1 aliphatic rings. The molecule has 4 aromatic rings. The molecule has 0 saturated carbocycles. The standard InChI is InChI=1S/C20H21N7O3/c1-13(28)30-12-25-17-11-22-18(15-10-23-26-8-3-2-6-16(15)26)24-19(17)27(20(25)29)14-5-4-7-21-9-14/h2-3,6,8,10-11,14,21H,4-5,7,9,12H2,1H3/t14-/m0/s1. The highest BCUT2D eigenvalue weighted by Crippen LogP contribution is 2.25. The van der Waals surface area contributed by atoms with E-state index in [1.54, 1.807) is 21.5 Å². The first-order valence-electron chi connectivity index (χ1n) is 9.88. The number of nitrogens with one attached hydrogen (secondary N) is 1. The Hall–Kier alpha value is -3.53. The summed E-state index contributed by atoms with van der Waals surface area (Å²) in [6.45, 7) is 2.76. The molecule has 1 saturated heterocycles. The van der Waals surface area contributed by atoms with Crippen LogP contribution in [0, 0.1) is 0 Å². The van der Waals surface area contributed by atoms with Gasteiger partial charge in [-0.15, -0.1) is 0 Å². The molecule has 0 spiro atoms. The van der Waals surface area contributed by atoms with Gasteiger partial charge in [-0.05, 0) is 31.5 Å². The quantitative estimate of drug-likeness (QED) is 0.509. The number of fused-ring (bicyclic) bond motifs is 2. The maximum Gasteiger partial charge on any atom is 0.333 e. The van der Waals surface area contributed by atoms with Gasteiger partial charge in [0.15, 0.2) is 18.2 Å². The molecule has 30 heavy (non-hydrogen) atoms. The molecule has 0 radical (unpaired) electrons. The zero-order chi connectivity index (χ0) is 20.7. The van der Waals surface area contributed by atoms with Crippen LogP contribution in [0.5, 0.6) is 0 Å². The zero-order valence-electron chi connectivity index (χ0n) is 16.5. The second kappa shape index (κ2) is 7.38. The molecule has 1 fully saturated rings. The highest BCUT2D eigenvalue weighted by atomic mass is 16.5. The lowest BCUT2D eigenvalue weighted by atomic mass is 10.1. The number of hydrogen-bond donors (Lipinski definition) is 1. The summed E-state index contributed by atoms with van der Waals surface area (Å²) in [6, 6.07) is 5.74. The first kappa shape index (κ1) is 18.5. The fourth-order valence-corrected chi connectivity index (χ4v) is 3.96. The Bertz CT molecular complexity index is 1300. The number of aromatic nitrogens is 6. The fraction of sp³-hybridized carbons (Fsp3) is 0.350. The van der Waals surface area contributed by atoms with E-state index in [0.29, 0.717) is 23.5 Å². The van der Waals surface area contributed by atoms with Crippen molar-refractivity contribution in [1.29, 1.82) is 0 Å². The summed E-state index contributed by atoms with van der Waals surface area (Å²) in [7, 11) is 0. The molecule has 0 unspecified atom stereocenters. The van der Waals surface area contributed by atoms with Crippen molar-refractivity contribution < 1.29 is 9.53 Å². The number of pyridine rings is 1. The average molecular weight is 407 g/mol. The minimum Gasteiger partial charge on any atom is -0.444 e. The van der Waals surface area contributed by atoms with E-state index in [9.17, 15) is 9.59 Å². The molecule has 5 rings (SSSR count). The maximum atomic E-state index is 13.2. The Morgan fingerprint density at radius 3 is 3.00 bits per heavy atom. The Labute approximate surface area is 171 Å². The third-order valence-electron chi connectivity index (χ3n) is 5.41. The monoisotopic (exact) mass is 407 g/mol. The number of imidazole rings is 1. The van der Waals surface area contributed by atoms with E-state index in [0.717, 1.165) is 30.5 Å². The van der Waals surface area contributed by atoms with Crippen molar-refractivity contribution >= 4 is 22.6 Å². The molecule has 154 valence electrons. The summed E-state index contributed by atoms with van der Waals surface area (Å²) in [5, 5.41) is 7.69. The van der Waals surface area contributed by atoms with Gasteiger partial charge >= 0.3 is 11.7 Å². The maximum absolute atomic E-state index is 13.2. The number of esters is 1. The SMILES string of the molecule is CC(=O)OCn1c(=O)n([C@H]2CCCNC2)c2nc(-c3cnn4ccccc34)ncc21. The molecular weight excluding hydrogens is 386 g/mol. The van der Waals surface area contributed by atoms with Crippen LogP contribution < -0.4 is 11.0 Å². The lowest BCUT2D eigenvalue weighted by Gasteiger charge is -2.23. The van der Waals surface area contributed by atoms with Crippen LogP contribution in [0.1, 0.15) is 25.8 Å².